The Kier molecular flexibility index (Phi) is 5.45. The van der Waals surface area contributed by atoms with Crippen LogP contribution in [0.4, 0.5) is 13.2 Å². The van der Waals surface area contributed by atoms with E-state index in [1.807, 2.05) is 6.92 Å². The summed E-state index contributed by atoms with van der Waals surface area (Å²) in [5.41, 5.74) is -0.219. The summed E-state index contributed by atoms with van der Waals surface area (Å²) in [4.78, 5) is 28.7. The Balaban J connectivity index is 1.65. The number of hydrogen-bond donors (Lipinski definition) is 0. The number of carbonyl (C=O) groups is 2. The lowest BCUT2D eigenvalue weighted by Crippen LogP contribution is -2.50. The Morgan fingerprint density at radius 1 is 1.11 bits per heavy atom. The number of piperazine rings is 1. The highest BCUT2D eigenvalue weighted by Gasteiger charge is 2.32. The second-order valence-electron chi connectivity index (χ2n) is 6.07. The lowest BCUT2D eigenvalue weighted by atomic mass is 10.1. The molecular weight excluding hydrogens is 381 g/mol. The minimum absolute atomic E-state index is 0.00970. The summed E-state index contributed by atoms with van der Waals surface area (Å²) < 4.78 is 42.3. The van der Waals surface area contributed by atoms with Gasteiger partial charge in [-0.2, -0.15) is 13.2 Å². The van der Waals surface area contributed by atoms with E-state index in [2.05, 4.69) is 9.59 Å². The molecule has 0 bridgehead atoms. The van der Waals surface area contributed by atoms with Crippen LogP contribution in [0.15, 0.2) is 24.3 Å². The molecule has 1 aliphatic heterocycles. The zero-order chi connectivity index (χ0) is 19.6. The van der Waals surface area contributed by atoms with Crippen molar-refractivity contribution in [1.29, 1.82) is 0 Å². The van der Waals surface area contributed by atoms with Crippen molar-refractivity contribution in [2.24, 2.45) is 0 Å². The van der Waals surface area contributed by atoms with Crippen molar-refractivity contribution < 1.29 is 22.8 Å². The van der Waals surface area contributed by atoms with Crippen molar-refractivity contribution in [3.05, 3.63) is 46.0 Å². The molecule has 1 fully saturated rings. The van der Waals surface area contributed by atoms with E-state index in [0.29, 0.717) is 30.1 Å². The Morgan fingerprint density at radius 3 is 2.33 bits per heavy atom. The average Bonchev–Trinajstić information content (AvgIpc) is 3.15. The van der Waals surface area contributed by atoms with Crippen molar-refractivity contribution in [2.75, 3.05) is 26.2 Å². The van der Waals surface area contributed by atoms with Crippen molar-refractivity contribution >= 4 is 23.3 Å². The Labute approximate surface area is 157 Å². The van der Waals surface area contributed by atoms with Gasteiger partial charge in [0.05, 0.1) is 11.3 Å². The van der Waals surface area contributed by atoms with Crippen LogP contribution in [-0.4, -0.2) is 57.4 Å². The second kappa shape index (κ2) is 7.63. The van der Waals surface area contributed by atoms with Gasteiger partial charge in [-0.25, -0.2) is 0 Å². The minimum Gasteiger partial charge on any atom is -0.335 e. The predicted octanol–water partition coefficient (Wildman–Crippen LogP) is 2.72. The van der Waals surface area contributed by atoms with Crippen LogP contribution >= 0.6 is 11.5 Å². The monoisotopic (exact) mass is 398 g/mol. The molecule has 27 heavy (non-hydrogen) atoms. The van der Waals surface area contributed by atoms with Crippen LogP contribution in [0, 0.1) is 0 Å². The molecule has 0 unspecified atom stereocenters. The summed E-state index contributed by atoms with van der Waals surface area (Å²) in [5.74, 6) is -0.644. The van der Waals surface area contributed by atoms with Gasteiger partial charge in [-0.3, -0.25) is 9.59 Å². The van der Waals surface area contributed by atoms with Crippen LogP contribution in [0.1, 0.15) is 38.2 Å². The van der Waals surface area contributed by atoms with Gasteiger partial charge in [0.1, 0.15) is 4.88 Å². The highest BCUT2D eigenvalue weighted by molar-refractivity contribution is 7.08. The fourth-order valence-electron chi connectivity index (χ4n) is 2.87. The maximum absolute atomic E-state index is 12.8. The quantitative estimate of drug-likeness (QED) is 0.798. The number of alkyl halides is 3. The van der Waals surface area contributed by atoms with Crippen LogP contribution in [0.2, 0.25) is 0 Å². The summed E-state index contributed by atoms with van der Waals surface area (Å²) in [5, 5.41) is 3.93. The maximum atomic E-state index is 12.8. The van der Waals surface area contributed by atoms with Crippen LogP contribution in [0.3, 0.4) is 0 Å². The van der Waals surface area contributed by atoms with Gasteiger partial charge < -0.3 is 9.80 Å². The van der Waals surface area contributed by atoms with Gasteiger partial charge in [0.2, 0.25) is 0 Å². The molecular formula is C17H17F3N4O2S. The molecule has 2 heterocycles. The van der Waals surface area contributed by atoms with Crippen molar-refractivity contribution in [3.63, 3.8) is 0 Å². The van der Waals surface area contributed by atoms with Crippen LogP contribution in [0.25, 0.3) is 0 Å². The number of carbonyl (C=O) groups excluding carboxylic acids is 2. The van der Waals surface area contributed by atoms with E-state index < -0.39 is 17.6 Å². The normalized spacial score (nSPS) is 15.1. The van der Waals surface area contributed by atoms with Crippen molar-refractivity contribution in [2.45, 2.75) is 19.5 Å². The average molecular weight is 398 g/mol. The highest BCUT2D eigenvalue weighted by Crippen LogP contribution is 2.29. The summed E-state index contributed by atoms with van der Waals surface area (Å²) in [6, 6.07) is 4.38. The lowest BCUT2D eigenvalue weighted by molar-refractivity contribution is -0.137. The fraction of sp³-hybridized carbons (Fsp3) is 0.412. The molecule has 0 saturated carbocycles. The number of nitrogens with zero attached hydrogens (tertiary/aromatic N) is 4. The predicted molar refractivity (Wildman–Crippen MR) is 92.5 cm³/mol. The molecule has 144 valence electrons. The van der Waals surface area contributed by atoms with E-state index >= 15 is 0 Å². The van der Waals surface area contributed by atoms with E-state index in [1.165, 1.54) is 17.0 Å². The number of aromatic nitrogens is 2. The molecule has 0 N–H and O–H groups in total. The molecule has 10 heteroatoms. The molecule has 0 radical (unpaired) electrons. The standard InChI is InChI=1S/C17H17F3N4O2S/c1-2-13-14(27-22-21-13)16(26)24-8-6-23(7-9-24)15(25)11-4-3-5-12(10-11)17(18,19)20/h3-5,10H,2,6-9H2,1H3. The molecule has 6 nitrogen and oxygen atoms in total. The topological polar surface area (TPSA) is 66.4 Å². The minimum atomic E-state index is -4.50. The van der Waals surface area contributed by atoms with Gasteiger partial charge in [-0.15, -0.1) is 5.10 Å². The zero-order valence-corrected chi connectivity index (χ0v) is 15.3. The van der Waals surface area contributed by atoms with Crippen LogP contribution in [-0.2, 0) is 12.6 Å². The molecule has 1 aliphatic rings. The van der Waals surface area contributed by atoms with Crippen molar-refractivity contribution in [1.82, 2.24) is 19.4 Å². The fourth-order valence-corrected chi connectivity index (χ4v) is 3.59. The highest BCUT2D eigenvalue weighted by atomic mass is 32.1. The number of halogens is 3. The molecule has 1 saturated heterocycles. The molecule has 0 atom stereocenters. The zero-order valence-electron chi connectivity index (χ0n) is 14.5. The molecule has 2 aromatic rings. The first-order valence-electron chi connectivity index (χ1n) is 8.38. The third-order valence-corrected chi connectivity index (χ3v) is 5.13. The van der Waals surface area contributed by atoms with E-state index in [1.54, 1.807) is 4.90 Å². The number of amides is 2. The summed E-state index contributed by atoms with van der Waals surface area (Å²) in [6.45, 7) is 3.03. The van der Waals surface area contributed by atoms with Crippen LogP contribution in [0.5, 0.6) is 0 Å². The van der Waals surface area contributed by atoms with E-state index in [-0.39, 0.29) is 24.6 Å². The number of hydrogen-bond acceptors (Lipinski definition) is 5. The molecule has 3 rings (SSSR count). The smallest absolute Gasteiger partial charge is 0.335 e. The summed E-state index contributed by atoms with van der Waals surface area (Å²) in [6.07, 6.45) is -3.90. The van der Waals surface area contributed by atoms with Gasteiger partial charge in [0, 0.05) is 31.7 Å². The maximum Gasteiger partial charge on any atom is 0.416 e. The van der Waals surface area contributed by atoms with E-state index in [9.17, 15) is 22.8 Å². The summed E-state index contributed by atoms with van der Waals surface area (Å²) >= 11 is 1.04. The van der Waals surface area contributed by atoms with Gasteiger partial charge in [0.15, 0.2) is 0 Å². The van der Waals surface area contributed by atoms with Gasteiger partial charge in [-0.1, -0.05) is 17.5 Å². The molecule has 1 aromatic carbocycles. The second-order valence-corrected chi connectivity index (χ2v) is 6.82. The summed E-state index contributed by atoms with van der Waals surface area (Å²) in [7, 11) is 0. The van der Waals surface area contributed by atoms with Crippen molar-refractivity contribution in [3.8, 4) is 0 Å². The molecule has 2 amide bonds. The SMILES string of the molecule is CCc1nnsc1C(=O)N1CCN(C(=O)c2cccc(C(F)(F)F)c2)CC1. The lowest BCUT2D eigenvalue weighted by Gasteiger charge is -2.34. The molecule has 0 spiro atoms. The third-order valence-electron chi connectivity index (χ3n) is 4.38. The molecule has 0 aliphatic carbocycles. The first kappa shape index (κ1) is 19.3. The Bertz CT molecular complexity index is 845. The first-order valence-corrected chi connectivity index (χ1v) is 9.15. The Morgan fingerprint density at radius 2 is 1.74 bits per heavy atom. The first-order chi connectivity index (χ1) is 12.8. The largest absolute Gasteiger partial charge is 0.416 e. The van der Waals surface area contributed by atoms with Gasteiger partial charge in [0.25, 0.3) is 11.8 Å². The number of aryl methyl sites for hydroxylation is 1. The van der Waals surface area contributed by atoms with Crippen LogP contribution < -0.4 is 0 Å². The van der Waals surface area contributed by atoms with Gasteiger partial charge >= 0.3 is 6.18 Å². The van der Waals surface area contributed by atoms with E-state index in [4.69, 9.17) is 0 Å². The number of benzene rings is 1. The third kappa shape index (κ3) is 4.10. The van der Waals surface area contributed by atoms with Gasteiger partial charge in [-0.05, 0) is 36.2 Å². The van der Waals surface area contributed by atoms with E-state index in [0.717, 1.165) is 23.7 Å². The molecule has 1 aromatic heterocycles. The Hall–Kier alpha value is -2.49. The number of rotatable bonds is 3.